The zero-order valence-electron chi connectivity index (χ0n) is 14.7. The molecule has 1 aliphatic rings. The van der Waals surface area contributed by atoms with E-state index in [1.165, 1.54) is 12.3 Å². The summed E-state index contributed by atoms with van der Waals surface area (Å²) in [5.41, 5.74) is 4.77. The smallest absolute Gasteiger partial charge is 0.320 e. The summed E-state index contributed by atoms with van der Waals surface area (Å²) < 4.78 is 19.2. The van der Waals surface area contributed by atoms with Crippen LogP contribution < -0.4 is 5.48 Å². The maximum absolute atomic E-state index is 13.6. The first-order chi connectivity index (χ1) is 13.7. The molecule has 0 bridgehead atoms. The molecule has 2 aromatic carbocycles. The maximum Gasteiger partial charge on any atom is 0.320 e. The van der Waals surface area contributed by atoms with Gasteiger partial charge in [0.25, 0.3) is 0 Å². The number of amidine groups is 1. The Hall–Kier alpha value is -3.74. The van der Waals surface area contributed by atoms with Gasteiger partial charge in [0.15, 0.2) is 5.54 Å². The van der Waals surface area contributed by atoms with Crippen LogP contribution in [0.15, 0.2) is 78.0 Å². The van der Waals surface area contributed by atoms with Gasteiger partial charge in [0.1, 0.15) is 12.4 Å². The SMILES string of the molecule is O=CONC1=NC(c2ccccc2)(c2cccc(-c3cncc(F)c3)c2)CO1. The fraction of sp³-hybridized carbons (Fsp3) is 0.0952. The summed E-state index contributed by atoms with van der Waals surface area (Å²) in [7, 11) is 0. The minimum atomic E-state index is -0.841. The van der Waals surface area contributed by atoms with Crippen molar-refractivity contribution >= 4 is 12.5 Å². The van der Waals surface area contributed by atoms with Gasteiger partial charge in [-0.15, -0.1) is 0 Å². The molecule has 0 spiro atoms. The number of aliphatic imine (C=N–C) groups is 1. The van der Waals surface area contributed by atoms with Crippen molar-refractivity contribution in [3.05, 3.63) is 90.0 Å². The van der Waals surface area contributed by atoms with E-state index in [0.717, 1.165) is 16.7 Å². The van der Waals surface area contributed by atoms with Crippen molar-refractivity contribution in [1.82, 2.24) is 10.5 Å². The highest BCUT2D eigenvalue weighted by Gasteiger charge is 2.41. The number of benzene rings is 2. The van der Waals surface area contributed by atoms with Gasteiger partial charge >= 0.3 is 12.5 Å². The molecule has 1 N–H and O–H groups in total. The number of hydroxylamine groups is 1. The minimum Gasteiger partial charge on any atom is -0.460 e. The largest absolute Gasteiger partial charge is 0.460 e. The van der Waals surface area contributed by atoms with E-state index < -0.39 is 11.4 Å². The van der Waals surface area contributed by atoms with E-state index in [-0.39, 0.29) is 19.1 Å². The maximum atomic E-state index is 13.6. The number of pyridine rings is 1. The van der Waals surface area contributed by atoms with Gasteiger partial charge in [-0.1, -0.05) is 48.5 Å². The second-order valence-corrected chi connectivity index (χ2v) is 6.22. The van der Waals surface area contributed by atoms with Crippen molar-refractivity contribution < 1.29 is 18.8 Å². The summed E-state index contributed by atoms with van der Waals surface area (Å²) in [5, 5.41) is 0. The number of hydrogen-bond acceptors (Lipinski definition) is 6. The normalized spacial score (nSPS) is 18.1. The Morgan fingerprint density at radius 2 is 1.86 bits per heavy atom. The zero-order chi connectivity index (χ0) is 19.4. The molecule has 140 valence electrons. The van der Waals surface area contributed by atoms with Gasteiger partial charge in [-0.05, 0) is 28.8 Å². The summed E-state index contributed by atoms with van der Waals surface area (Å²) in [6.45, 7) is 0.471. The standard InChI is InChI=1S/C21H16FN3O3/c22-19-10-16(11-23-12-19)15-5-4-8-18(9-15)21(17-6-2-1-3-7-17)13-27-20(24-21)25-28-14-26/h1-12,14H,13H2,(H,24,25). The molecule has 0 radical (unpaired) electrons. The number of carbonyl (C=O) groups is 1. The first-order valence-electron chi connectivity index (χ1n) is 8.56. The number of carbonyl (C=O) groups excluding carboxylic acids is 1. The fourth-order valence-electron chi connectivity index (χ4n) is 3.24. The summed E-state index contributed by atoms with van der Waals surface area (Å²) in [6.07, 6.45) is 2.77. The summed E-state index contributed by atoms with van der Waals surface area (Å²) in [5.74, 6) is -0.402. The highest BCUT2D eigenvalue weighted by atomic mass is 19.1. The third-order valence-electron chi connectivity index (χ3n) is 4.53. The Morgan fingerprint density at radius 3 is 2.64 bits per heavy atom. The van der Waals surface area contributed by atoms with Crippen LogP contribution in [0.5, 0.6) is 0 Å². The van der Waals surface area contributed by atoms with Crippen LogP contribution in [0.2, 0.25) is 0 Å². The summed E-state index contributed by atoms with van der Waals surface area (Å²) in [6, 6.07) is 18.8. The molecule has 2 heterocycles. The van der Waals surface area contributed by atoms with E-state index in [1.54, 1.807) is 6.20 Å². The van der Waals surface area contributed by atoms with Crippen LogP contribution in [0, 0.1) is 5.82 Å². The second kappa shape index (κ2) is 7.48. The van der Waals surface area contributed by atoms with E-state index in [2.05, 4.69) is 20.3 Å². The number of ether oxygens (including phenoxy) is 1. The van der Waals surface area contributed by atoms with E-state index in [4.69, 9.17) is 4.74 Å². The van der Waals surface area contributed by atoms with Crippen LogP contribution in [0.3, 0.4) is 0 Å². The molecule has 7 heteroatoms. The lowest BCUT2D eigenvalue weighted by Crippen LogP contribution is -2.27. The van der Waals surface area contributed by atoms with Crippen molar-refractivity contribution in [2.75, 3.05) is 6.61 Å². The number of halogens is 1. The molecular formula is C21H16FN3O3. The quantitative estimate of drug-likeness (QED) is 0.546. The molecule has 0 aliphatic carbocycles. The fourth-order valence-corrected chi connectivity index (χ4v) is 3.24. The lowest BCUT2D eigenvalue weighted by atomic mass is 9.83. The van der Waals surface area contributed by atoms with Crippen molar-refractivity contribution in [2.24, 2.45) is 4.99 Å². The van der Waals surface area contributed by atoms with Crippen molar-refractivity contribution in [1.29, 1.82) is 0 Å². The van der Waals surface area contributed by atoms with Gasteiger partial charge in [0, 0.05) is 11.8 Å². The molecule has 1 aromatic heterocycles. The molecule has 0 saturated heterocycles. The monoisotopic (exact) mass is 377 g/mol. The average Bonchev–Trinajstić information content (AvgIpc) is 3.18. The van der Waals surface area contributed by atoms with Crippen LogP contribution in [0.25, 0.3) is 11.1 Å². The molecular weight excluding hydrogens is 361 g/mol. The van der Waals surface area contributed by atoms with Crippen LogP contribution in [0.1, 0.15) is 11.1 Å². The van der Waals surface area contributed by atoms with Crippen molar-refractivity contribution in [3.8, 4) is 11.1 Å². The first kappa shape index (κ1) is 17.7. The molecule has 28 heavy (non-hydrogen) atoms. The Morgan fingerprint density at radius 1 is 1.04 bits per heavy atom. The van der Waals surface area contributed by atoms with Crippen LogP contribution in [-0.4, -0.2) is 24.1 Å². The molecule has 0 saturated carbocycles. The highest BCUT2D eigenvalue weighted by Crippen LogP contribution is 2.39. The Bertz CT molecular complexity index is 1030. The van der Waals surface area contributed by atoms with Gasteiger partial charge < -0.3 is 9.57 Å². The van der Waals surface area contributed by atoms with Crippen molar-refractivity contribution in [3.63, 3.8) is 0 Å². The van der Waals surface area contributed by atoms with Gasteiger partial charge in [-0.25, -0.2) is 9.38 Å². The highest BCUT2D eigenvalue weighted by molar-refractivity contribution is 5.77. The van der Waals surface area contributed by atoms with Gasteiger partial charge in [-0.3, -0.25) is 9.78 Å². The Balaban J connectivity index is 1.81. The minimum absolute atomic E-state index is 0.105. The number of nitrogens with zero attached hydrogens (tertiary/aromatic N) is 2. The topological polar surface area (TPSA) is 72.8 Å². The number of aromatic nitrogens is 1. The van der Waals surface area contributed by atoms with Crippen molar-refractivity contribution in [2.45, 2.75) is 5.54 Å². The lowest BCUT2D eigenvalue weighted by Gasteiger charge is -2.25. The Labute approximate surface area is 160 Å². The van der Waals surface area contributed by atoms with E-state index >= 15 is 0 Å². The lowest BCUT2D eigenvalue weighted by molar-refractivity contribution is -0.132. The second-order valence-electron chi connectivity index (χ2n) is 6.22. The third-order valence-corrected chi connectivity index (χ3v) is 4.53. The molecule has 3 aromatic rings. The van der Waals surface area contributed by atoms with Gasteiger partial charge in [-0.2, -0.15) is 5.48 Å². The Kier molecular flexibility index (Phi) is 4.72. The third kappa shape index (κ3) is 3.29. The molecule has 6 nitrogen and oxygen atoms in total. The van der Waals surface area contributed by atoms with Gasteiger partial charge in [0.2, 0.25) is 0 Å². The molecule has 1 unspecified atom stereocenters. The molecule has 1 aliphatic heterocycles. The van der Waals surface area contributed by atoms with Crippen LogP contribution in [0.4, 0.5) is 4.39 Å². The van der Waals surface area contributed by atoms with E-state index in [9.17, 15) is 9.18 Å². The van der Waals surface area contributed by atoms with Crippen LogP contribution in [-0.2, 0) is 19.9 Å². The molecule has 1 atom stereocenters. The first-order valence-corrected chi connectivity index (χ1v) is 8.56. The number of hydrogen-bond donors (Lipinski definition) is 1. The molecule has 0 amide bonds. The summed E-state index contributed by atoms with van der Waals surface area (Å²) >= 11 is 0. The zero-order valence-corrected chi connectivity index (χ0v) is 14.7. The summed E-state index contributed by atoms with van der Waals surface area (Å²) in [4.78, 5) is 23.6. The number of nitrogens with one attached hydrogen (secondary N) is 1. The van der Waals surface area contributed by atoms with Crippen LogP contribution >= 0.6 is 0 Å². The van der Waals surface area contributed by atoms with E-state index in [0.29, 0.717) is 5.56 Å². The average molecular weight is 377 g/mol. The number of rotatable bonds is 5. The molecule has 4 rings (SSSR count). The van der Waals surface area contributed by atoms with Gasteiger partial charge in [0.05, 0.1) is 6.20 Å². The van der Waals surface area contributed by atoms with E-state index in [1.807, 2.05) is 54.6 Å². The molecule has 0 fully saturated rings. The predicted octanol–water partition coefficient (Wildman–Crippen LogP) is 3.20. The predicted molar refractivity (Wildman–Crippen MR) is 101 cm³/mol.